The van der Waals surface area contributed by atoms with Crippen molar-refractivity contribution >= 4 is 46.2 Å². The van der Waals surface area contributed by atoms with E-state index in [-0.39, 0.29) is 48.6 Å². The van der Waals surface area contributed by atoms with Gasteiger partial charge in [0.05, 0.1) is 30.5 Å². The van der Waals surface area contributed by atoms with Gasteiger partial charge < -0.3 is 14.0 Å². The molecule has 0 N–H and O–H groups in total. The molecule has 3 aromatic heterocycles. The van der Waals surface area contributed by atoms with Crippen LogP contribution in [-0.2, 0) is 30.9 Å². The van der Waals surface area contributed by atoms with E-state index < -0.39 is 8.07 Å². The largest absolute Gasteiger partial charge is 0.501 e. The molecule has 0 amide bonds. The first kappa shape index (κ1) is 52.4. The SMILES string of the molecule is CC(C)c1cc(-c2ccc3c(c2)C(C)(C)C(C)(C)c2ccccc2-3)cc(C(C)C)c1-n1c(-c2[c-]ccc3c2oc2cc(-c4ccccc4)ccc23)nc2ccccc21.C[Si](C)(C)c1ccc(-c2[c-]cc(F)cc2)nc1.[Ir]. The van der Waals surface area contributed by atoms with E-state index in [1.165, 1.54) is 67.5 Å². The molecule has 1 aliphatic rings. The van der Waals surface area contributed by atoms with Crippen LogP contribution in [0.25, 0.3) is 94.7 Å². The Morgan fingerprint density at radius 1 is 0.605 bits per heavy atom. The summed E-state index contributed by atoms with van der Waals surface area (Å²) >= 11 is 0. The molecule has 7 heteroatoms. The Kier molecular flexibility index (Phi) is 13.9. The van der Waals surface area contributed by atoms with Gasteiger partial charge in [0.1, 0.15) is 5.58 Å². The van der Waals surface area contributed by atoms with Gasteiger partial charge in [-0.05, 0) is 126 Å². The molecule has 0 bridgehead atoms. The van der Waals surface area contributed by atoms with Crippen molar-refractivity contribution < 1.29 is 28.9 Å². The first-order valence-electron chi connectivity index (χ1n) is 26.4. The normalized spacial score (nSPS) is 13.6. The van der Waals surface area contributed by atoms with Crippen molar-refractivity contribution in [1.82, 2.24) is 14.5 Å². The van der Waals surface area contributed by atoms with Crippen LogP contribution in [0.1, 0.15) is 89.5 Å². The second-order valence-electron chi connectivity index (χ2n) is 23.0. The molecule has 0 atom stereocenters. The summed E-state index contributed by atoms with van der Waals surface area (Å²) in [4.78, 5) is 9.82. The zero-order chi connectivity index (χ0) is 52.6. The summed E-state index contributed by atoms with van der Waals surface area (Å²) < 4.78 is 22.0. The van der Waals surface area contributed by atoms with Crippen LogP contribution in [0, 0.1) is 17.9 Å². The van der Waals surface area contributed by atoms with Gasteiger partial charge in [0.2, 0.25) is 0 Å². The molecule has 0 fully saturated rings. The number of hydrogen-bond acceptors (Lipinski definition) is 3. The maximum absolute atomic E-state index is 12.8. The molecule has 4 nitrogen and oxygen atoms in total. The fourth-order valence-electron chi connectivity index (χ4n) is 11.1. The smallest absolute Gasteiger partial charge is 0.121 e. The number of fused-ring (bicyclic) bond motifs is 7. The zero-order valence-electron chi connectivity index (χ0n) is 45.4. The van der Waals surface area contributed by atoms with Crippen LogP contribution in [0.15, 0.2) is 180 Å². The third-order valence-electron chi connectivity index (χ3n) is 16.1. The first-order valence-corrected chi connectivity index (χ1v) is 29.9. The Morgan fingerprint density at radius 2 is 1.26 bits per heavy atom. The molecule has 0 aliphatic heterocycles. The fraction of sp³-hybridized carbons (Fsp3) is 0.217. The minimum atomic E-state index is -1.30. The molecule has 1 radical (unpaired) electrons. The number of pyridine rings is 1. The van der Waals surface area contributed by atoms with Gasteiger partial charge >= 0.3 is 0 Å². The van der Waals surface area contributed by atoms with Gasteiger partial charge in [-0.2, -0.15) is 0 Å². The number of aromatic nitrogens is 3. The summed E-state index contributed by atoms with van der Waals surface area (Å²) in [5.74, 6) is 1.04. The molecule has 0 spiro atoms. The van der Waals surface area contributed by atoms with Crippen LogP contribution in [0.3, 0.4) is 0 Å². The van der Waals surface area contributed by atoms with Crippen molar-refractivity contribution in [3.8, 4) is 61.7 Å². The third-order valence-corrected chi connectivity index (χ3v) is 18.1. The number of nitrogens with zero attached hydrogens (tertiary/aromatic N) is 3. The van der Waals surface area contributed by atoms with Crippen LogP contribution in [-0.4, -0.2) is 22.6 Å². The summed E-state index contributed by atoms with van der Waals surface area (Å²) in [5.41, 5.74) is 20.2. The Balaban J connectivity index is 0.000000311. The number of halogens is 1. The van der Waals surface area contributed by atoms with E-state index in [1.54, 1.807) is 6.07 Å². The zero-order valence-corrected chi connectivity index (χ0v) is 48.8. The second-order valence-corrected chi connectivity index (χ2v) is 28.1. The fourth-order valence-corrected chi connectivity index (χ4v) is 12.1. The number of furan rings is 1. The number of hydrogen-bond donors (Lipinski definition) is 0. The van der Waals surface area contributed by atoms with Crippen molar-refractivity contribution in [3.63, 3.8) is 0 Å². The molecular formula is C69H64FIrN3OSi-2. The van der Waals surface area contributed by atoms with Crippen molar-refractivity contribution in [2.45, 2.75) is 97.7 Å². The van der Waals surface area contributed by atoms with Crippen LogP contribution in [0.5, 0.6) is 0 Å². The number of benzene rings is 8. The van der Waals surface area contributed by atoms with Gasteiger partial charge in [-0.25, -0.2) is 0 Å². The average Bonchev–Trinajstić information content (AvgIpc) is 4.11. The summed E-state index contributed by atoms with van der Waals surface area (Å²) in [6.07, 6.45) is 1.93. The minimum Gasteiger partial charge on any atom is -0.501 e. The second kappa shape index (κ2) is 20.2. The topological polar surface area (TPSA) is 43.9 Å². The monoisotopic (exact) mass is 1190 g/mol. The molecule has 0 saturated carbocycles. The van der Waals surface area contributed by atoms with Crippen LogP contribution >= 0.6 is 0 Å². The molecule has 383 valence electrons. The van der Waals surface area contributed by atoms with Gasteiger partial charge in [0.15, 0.2) is 0 Å². The van der Waals surface area contributed by atoms with Crippen LogP contribution in [0.2, 0.25) is 19.6 Å². The molecule has 0 unspecified atom stereocenters. The van der Waals surface area contributed by atoms with Gasteiger partial charge in [0.25, 0.3) is 0 Å². The van der Waals surface area contributed by atoms with Gasteiger partial charge in [-0.1, -0.05) is 189 Å². The molecular weight excluding hydrogens is 1130 g/mol. The summed E-state index contributed by atoms with van der Waals surface area (Å²) in [6.45, 7) is 25.8. The van der Waals surface area contributed by atoms with E-state index in [0.717, 1.165) is 66.7 Å². The number of imidazole rings is 1. The minimum absolute atomic E-state index is 0. The Bertz CT molecular complexity index is 3910. The maximum Gasteiger partial charge on any atom is 0.121 e. The van der Waals surface area contributed by atoms with Gasteiger partial charge in [0, 0.05) is 43.2 Å². The van der Waals surface area contributed by atoms with Crippen molar-refractivity contribution in [2.24, 2.45) is 0 Å². The Labute approximate surface area is 462 Å². The van der Waals surface area contributed by atoms with Crippen molar-refractivity contribution in [2.75, 3.05) is 0 Å². The molecule has 8 aromatic carbocycles. The predicted molar refractivity (Wildman–Crippen MR) is 315 cm³/mol. The standard InChI is InChI=1S/C55H49N2O.C14H15FNSi.Ir/c1-33(2)44-29-38(36-25-27-40-39-19-12-13-22-46(39)54(5,6)55(7,8)47(40)31-36)30-45(34(3)4)51(44)57-49-24-15-14-23-48(49)56-53(57)43-21-16-20-42-41-28-26-37(32-50(41)58-52(42)43)35-17-10-9-11-18-35;1-17(2,3)13-8-9-14(16-10-13)11-4-6-12(15)7-5-11;/h9-20,22-34H,1-8H3;4,6-10H,1-3H3;/q2*-1;. The third kappa shape index (κ3) is 9.20. The summed E-state index contributed by atoms with van der Waals surface area (Å²) in [6, 6.07) is 65.8. The molecule has 76 heavy (non-hydrogen) atoms. The number of rotatable bonds is 8. The van der Waals surface area contributed by atoms with Gasteiger partial charge in [-0.15, -0.1) is 48.0 Å². The molecule has 1 aliphatic carbocycles. The van der Waals surface area contributed by atoms with Crippen LogP contribution in [0.4, 0.5) is 4.39 Å². The van der Waals surface area contributed by atoms with Gasteiger partial charge in [-0.3, -0.25) is 9.37 Å². The van der Waals surface area contributed by atoms with E-state index in [1.807, 2.05) is 18.3 Å². The molecule has 0 saturated heterocycles. The number of para-hydroxylation sites is 2. The Morgan fingerprint density at radius 3 is 1.95 bits per heavy atom. The molecule has 12 rings (SSSR count). The maximum atomic E-state index is 12.8. The van der Waals surface area contributed by atoms with E-state index in [2.05, 4.69) is 236 Å². The summed E-state index contributed by atoms with van der Waals surface area (Å²) in [5, 5.41) is 3.47. The van der Waals surface area contributed by atoms with E-state index >= 15 is 0 Å². The molecule has 11 aromatic rings. The predicted octanol–water partition coefficient (Wildman–Crippen LogP) is 18.4. The average molecular weight is 1190 g/mol. The Hall–Kier alpha value is -7.02. The van der Waals surface area contributed by atoms with Crippen LogP contribution < -0.4 is 5.19 Å². The van der Waals surface area contributed by atoms with E-state index in [0.29, 0.717) is 0 Å². The van der Waals surface area contributed by atoms with Crippen molar-refractivity contribution in [3.05, 3.63) is 216 Å². The quantitative estimate of drug-likeness (QED) is 0.112. The molecule has 3 heterocycles. The summed E-state index contributed by atoms with van der Waals surface area (Å²) in [7, 11) is -1.30. The van der Waals surface area contributed by atoms with E-state index in [4.69, 9.17) is 9.40 Å². The van der Waals surface area contributed by atoms with E-state index in [9.17, 15) is 4.39 Å². The first-order chi connectivity index (χ1) is 35.9. The van der Waals surface area contributed by atoms with Crippen molar-refractivity contribution in [1.29, 1.82) is 0 Å².